The van der Waals surface area contributed by atoms with Gasteiger partial charge in [0, 0.05) is 36.7 Å². The van der Waals surface area contributed by atoms with E-state index in [0.29, 0.717) is 34.6 Å². The summed E-state index contributed by atoms with van der Waals surface area (Å²) >= 11 is 0. The SMILES string of the molecule is COc1cc2cc(CN(C[C@@H]3CCCO3)S(=O)(=O)c3ccc(C(C)(C)C)cc3)c(=O)[nH]c2cc1OC. The van der Waals surface area contributed by atoms with E-state index in [2.05, 4.69) is 25.8 Å². The van der Waals surface area contributed by atoms with Crippen LogP contribution in [0, 0.1) is 0 Å². The van der Waals surface area contributed by atoms with Crippen LogP contribution in [0.5, 0.6) is 11.5 Å². The van der Waals surface area contributed by atoms with Gasteiger partial charge in [0.2, 0.25) is 10.0 Å². The highest BCUT2D eigenvalue weighted by Gasteiger charge is 2.30. The monoisotopic (exact) mass is 514 g/mol. The molecule has 0 bridgehead atoms. The van der Waals surface area contributed by atoms with E-state index in [1.165, 1.54) is 18.5 Å². The summed E-state index contributed by atoms with van der Waals surface area (Å²) in [5, 5.41) is 0.714. The van der Waals surface area contributed by atoms with Crippen molar-refractivity contribution in [3.05, 3.63) is 63.9 Å². The van der Waals surface area contributed by atoms with E-state index < -0.39 is 10.0 Å². The average Bonchev–Trinajstić information content (AvgIpc) is 3.36. The molecule has 0 amide bonds. The first-order valence-electron chi connectivity index (χ1n) is 12.0. The summed E-state index contributed by atoms with van der Waals surface area (Å²) in [5.74, 6) is 1.01. The van der Waals surface area contributed by atoms with Gasteiger partial charge in [-0.2, -0.15) is 4.31 Å². The number of rotatable bonds is 8. The Morgan fingerprint density at radius 2 is 1.72 bits per heavy atom. The minimum absolute atomic E-state index is 0.0805. The molecule has 4 rings (SSSR count). The zero-order chi connectivity index (χ0) is 26.1. The molecule has 194 valence electrons. The molecule has 2 heterocycles. The molecule has 0 aliphatic carbocycles. The Labute approximate surface area is 212 Å². The molecule has 1 atom stereocenters. The fourth-order valence-electron chi connectivity index (χ4n) is 4.42. The maximum atomic E-state index is 13.8. The molecule has 36 heavy (non-hydrogen) atoms. The minimum atomic E-state index is -3.89. The number of benzene rings is 2. The Morgan fingerprint density at radius 3 is 2.31 bits per heavy atom. The Balaban J connectivity index is 1.73. The highest BCUT2D eigenvalue weighted by atomic mass is 32.2. The quantitative estimate of drug-likeness (QED) is 0.484. The predicted octanol–water partition coefficient (Wildman–Crippen LogP) is 4.21. The Hall–Kier alpha value is -2.88. The summed E-state index contributed by atoms with van der Waals surface area (Å²) in [6.45, 7) is 6.94. The minimum Gasteiger partial charge on any atom is -0.493 e. The third-order valence-electron chi connectivity index (χ3n) is 6.56. The molecule has 1 saturated heterocycles. The number of hydrogen-bond donors (Lipinski definition) is 1. The lowest BCUT2D eigenvalue weighted by molar-refractivity contribution is 0.0925. The van der Waals surface area contributed by atoms with E-state index in [-0.39, 0.29) is 35.1 Å². The van der Waals surface area contributed by atoms with Crippen LogP contribution in [0.15, 0.2) is 52.2 Å². The smallest absolute Gasteiger partial charge is 0.252 e. The van der Waals surface area contributed by atoms with Crippen LogP contribution in [0.2, 0.25) is 0 Å². The van der Waals surface area contributed by atoms with E-state index in [1.54, 1.807) is 30.3 Å². The van der Waals surface area contributed by atoms with Crippen molar-refractivity contribution in [2.75, 3.05) is 27.4 Å². The molecule has 1 aliphatic rings. The van der Waals surface area contributed by atoms with Crippen LogP contribution in [0.3, 0.4) is 0 Å². The number of H-pyrrole nitrogens is 1. The first-order chi connectivity index (χ1) is 17.0. The van der Waals surface area contributed by atoms with Gasteiger partial charge in [0.05, 0.1) is 30.7 Å². The summed E-state index contributed by atoms with van der Waals surface area (Å²) in [6.07, 6.45) is 1.45. The van der Waals surface area contributed by atoms with Crippen LogP contribution in [0.1, 0.15) is 44.7 Å². The molecule has 0 radical (unpaired) electrons. The predicted molar refractivity (Wildman–Crippen MR) is 139 cm³/mol. The number of pyridine rings is 1. The lowest BCUT2D eigenvalue weighted by Crippen LogP contribution is -2.38. The van der Waals surface area contributed by atoms with Crippen molar-refractivity contribution in [2.45, 2.75) is 56.6 Å². The molecule has 1 fully saturated rings. The van der Waals surface area contributed by atoms with Gasteiger partial charge in [-0.1, -0.05) is 32.9 Å². The number of sulfonamides is 1. The third kappa shape index (κ3) is 5.43. The summed E-state index contributed by atoms with van der Waals surface area (Å²) in [4.78, 5) is 16.0. The van der Waals surface area contributed by atoms with Crippen LogP contribution >= 0.6 is 0 Å². The number of fused-ring (bicyclic) bond motifs is 1. The molecule has 0 saturated carbocycles. The number of hydrogen-bond acceptors (Lipinski definition) is 6. The number of aromatic nitrogens is 1. The van der Waals surface area contributed by atoms with Crippen molar-refractivity contribution in [1.29, 1.82) is 0 Å². The van der Waals surface area contributed by atoms with E-state index >= 15 is 0 Å². The lowest BCUT2D eigenvalue weighted by atomic mass is 9.87. The second-order valence-electron chi connectivity index (χ2n) is 10.1. The molecule has 1 aromatic heterocycles. The van der Waals surface area contributed by atoms with Gasteiger partial charge in [0.15, 0.2) is 11.5 Å². The van der Waals surface area contributed by atoms with Crippen molar-refractivity contribution < 1.29 is 22.6 Å². The van der Waals surface area contributed by atoms with Gasteiger partial charge in [-0.05, 0) is 48.1 Å². The fourth-order valence-corrected chi connectivity index (χ4v) is 5.87. The van der Waals surface area contributed by atoms with Crippen molar-refractivity contribution >= 4 is 20.9 Å². The van der Waals surface area contributed by atoms with E-state index in [4.69, 9.17) is 14.2 Å². The van der Waals surface area contributed by atoms with Crippen molar-refractivity contribution in [2.24, 2.45) is 0 Å². The standard InChI is InChI=1S/C27H34N2O6S/c1-27(2,3)20-8-10-22(11-9-20)36(31,32)29(17-21-7-6-12-35-21)16-19-13-18-14-24(33-4)25(34-5)15-23(18)28-26(19)30/h8-11,13-15,21H,6-7,12,16-17H2,1-5H3,(H,28,30)/t21-/m0/s1. The third-order valence-corrected chi connectivity index (χ3v) is 8.39. The Kier molecular flexibility index (Phi) is 7.45. The topological polar surface area (TPSA) is 97.9 Å². The fraction of sp³-hybridized carbons (Fsp3) is 0.444. The lowest BCUT2D eigenvalue weighted by Gasteiger charge is -2.25. The molecule has 9 heteroatoms. The van der Waals surface area contributed by atoms with Crippen LogP contribution < -0.4 is 15.0 Å². The maximum absolute atomic E-state index is 13.8. The van der Waals surface area contributed by atoms with Crippen LogP contribution in [0.4, 0.5) is 0 Å². The normalized spacial score (nSPS) is 16.6. The van der Waals surface area contributed by atoms with Crippen molar-refractivity contribution in [1.82, 2.24) is 9.29 Å². The molecule has 0 spiro atoms. The average molecular weight is 515 g/mol. The van der Waals surface area contributed by atoms with Gasteiger partial charge in [0.1, 0.15) is 0 Å². The number of aromatic amines is 1. The molecular weight excluding hydrogens is 480 g/mol. The number of nitrogens with one attached hydrogen (secondary N) is 1. The largest absolute Gasteiger partial charge is 0.493 e. The van der Waals surface area contributed by atoms with Gasteiger partial charge in [-0.3, -0.25) is 4.79 Å². The first kappa shape index (κ1) is 26.2. The Morgan fingerprint density at radius 1 is 1.06 bits per heavy atom. The molecule has 0 unspecified atom stereocenters. The second kappa shape index (κ2) is 10.2. The Bertz CT molecular complexity index is 1380. The van der Waals surface area contributed by atoms with Gasteiger partial charge in [-0.15, -0.1) is 0 Å². The molecule has 1 N–H and O–H groups in total. The van der Waals surface area contributed by atoms with Gasteiger partial charge in [0.25, 0.3) is 5.56 Å². The van der Waals surface area contributed by atoms with Gasteiger partial charge < -0.3 is 19.2 Å². The summed E-state index contributed by atoms with van der Waals surface area (Å²) < 4.78 is 45.4. The van der Waals surface area contributed by atoms with E-state index in [0.717, 1.165) is 18.4 Å². The van der Waals surface area contributed by atoms with Crippen molar-refractivity contribution in [3.63, 3.8) is 0 Å². The molecule has 8 nitrogen and oxygen atoms in total. The second-order valence-corrected chi connectivity index (χ2v) is 12.1. The molecule has 3 aromatic rings. The number of ether oxygens (including phenoxy) is 3. The summed E-state index contributed by atoms with van der Waals surface area (Å²) in [5.41, 5.74) is 1.50. The zero-order valence-corrected chi connectivity index (χ0v) is 22.3. The first-order valence-corrected chi connectivity index (χ1v) is 13.5. The van der Waals surface area contributed by atoms with Crippen LogP contribution in [-0.2, 0) is 26.7 Å². The molecule has 1 aliphatic heterocycles. The van der Waals surface area contributed by atoms with Crippen LogP contribution in [-0.4, -0.2) is 51.2 Å². The zero-order valence-electron chi connectivity index (χ0n) is 21.5. The van der Waals surface area contributed by atoms with E-state index in [9.17, 15) is 13.2 Å². The van der Waals surface area contributed by atoms with Crippen LogP contribution in [0.25, 0.3) is 10.9 Å². The van der Waals surface area contributed by atoms with Crippen molar-refractivity contribution in [3.8, 4) is 11.5 Å². The summed E-state index contributed by atoms with van der Waals surface area (Å²) in [6, 6.07) is 12.1. The van der Waals surface area contributed by atoms with Gasteiger partial charge in [-0.25, -0.2) is 8.42 Å². The molecular formula is C27H34N2O6S. The highest BCUT2D eigenvalue weighted by Crippen LogP contribution is 2.32. The molecule has 2 aromatic carbocycles. The highest BCUT2D eigenvalue weighted by molar-refractivity contribution is 7.89. The van der Waals surface area contributed by atoms with Gasteiger partial charge >= 0.3 is 0 Å². The number of methoxy groups -OCH3 is 2. The van der Waals surface area contributed by atoms with E-state index in [1.807, 2.05) is 12.1 Å². The number of nitrogens with zero attached hydrogens (tertiary/aromatic N) is 1. The summed E-state index contributed by atoms with van der Waals surface area (Å²) in [7, 11) is -0.822. The maximum Gasteiger partial charge on any atom is 0.252 e.